The zero-order valence-electron chi connectivity index (χ0n) is 65.4. The van der Waals surface area contributed by atoms with Crippen LogP contribution in [-0.4, -0.2) is 295 Å². The number of hydrogen-bond donors (Lipinski definition) is 8. The van der Waals surface area contributed by atoms with Crippen molar-refractivity contribution in [1.29, 1.82) is 0 Å². The monoisotopic (exact) mass is 1590 g/mol. The van der Waals surface area contributed by atoms with Gasteiger partial charge in [0.1, 0.15) is 35.6 Å². The maximum absolute atomic E-state index is 14.2. The highest BCUT2D eigenvalue weighted by molar-refractivity contribution is 6.31. The van der Waals surface area contributed by atoms with Crippen LogP contribution in [0.4, 0.5) is 14.4 Å². The van der Waals surface area contributed by atoms with Crippen LogP contribution < -0.4 is 31.7 Å². The summed E-state index contributed by atoms with van der Waals surface area (Å²) in [6.07, 6.45) is -5.96. The van der Waals surface area contributed by atoms with E-state index < -0.39 is 132 Å². The molecule has 9 amide bonds. The van der Waals surface area contributed by atoms with Gasteiger partial charge in [-0.15, -0.1) is 0 Å². The van der Waals surface area contributed by atoms with Crippen LogP contribution in [0, 0.1) is 17.8 Å². The summed E-state index contributed by atoms with van der Waals surface area (Å²) in [5, 5.41) is 46.7. The second-order valence-electron chi connectivity index (χ2n) is 28.5. The molecule has 36 nitrogen and oxygen atoms in total. The van der Waals surface area contributed by atoms with Crippen molar-refractivity contribution >= 4 is 70.9 Å². The molecule has 6 aliphatic rings. The minimum atomic E-state index is -2.40. The van der Waals surface area contributed by atoms with Crippen LogP contribution in [-0.2, 0) is 98.7 Å². The summed E-state index contributed by atoms with van der Waals surface area (Å²) in [6.45, 7) is 10.3. The molecule has 2 aliphatic carbocycles. The number of phenolic OH excluding ortho intramolecular Hbond substituents is 2. The highest BCUT2D eigenvalue weighted by atomic mass is 16.7. The van der Waals surface area contributed by atoms with E-state index >= 15 is 0 Å². The highest BCUT2D eigenvalue weighted by Gasteiger charge is 2.56. The van der Waals surface area contributed by atoms with Crippen molar-refractivity contribution in [1.82, 2.24) is 40.9 Å². The van der Waals surface area contributed by atoms with Crippen LogP contribution in [0.5, 0.6) is 17.2 Å². The van der Waals surface area contributed by atoms with E-state index in [4.69, 9.17) is 62.6 Å². The van der Waals surface area contributed by atoms with Crippen molar-refractivity contribution in [2.24, 2.45) is 23.5 Å². The van der Waals surface area contributed by atoms with Gasteiger partial charge in [-0.05, 0) is 37.3 Å². The number of Topliss-reactive ketones (excluding diaryl/α,β-unsaturated/α-hetero) is 2. The Hall–Kier alpha value is -9.34. The number of ether oxygens (including phenoxy) is 12. The molecule has 36 heteroatoms. The predicted molar refractivity (Wildman–Crippen MR) is 397 cm³/mol. The van der Waals surface area contributed by atoms with Gasteiger partial charge < -0.3 is 109 Å². The van der Waals surface area contributed by atoms with E-state index in [9.17, 15) is 72.9 Å². The molecule has 11 atom stereocenters. The third-order valence-electron chi connectivity index (χ3n) is 20.2. The molecule has 4 saturated heterocycles. The van der Waals surface area contributed by atoms with Gasteiger partial charge in [0.2, 0.25) is 41.1 Å². The van der Waals surface area contributed by atoms with Crippen molar-refractivity contribution in [3.05, 3.63) is 87.5 Å². The number of likely N-dealkylation sites (N-methyl/N-ethyl adjacent to an activating group) is 2. The van der Waals surface area contributed by atoms with Gasteiger partial charge in [-0.3, -0.25) is 53.0 Å². The molecule has 9 N–H and O–H groups in total. The number of fused-ring (bicyclic) bond motifs is 6. The predicted octanol–water partition coefficient (Wildman–Crippen LogP) is 2.31. The first-order valence-electron chi connectivity index (χ1n) is 37.8. The van der Waals surface area contributed by atoms with Crippen LogP contribution >= 0.6 is 0 Å². The number of methoxy groups -OCH3 is 2. The first-order valence-corrected chi connectivity index (χ1v) is 37.8. The Balaban J connectivity index is 0.000000295. The summed E-state index contributed by atoms with van der Waals surface area (Å²) >= 11 is 0. The summed E-state index contributed by atoms with van der Waals surface area (Å²) < 4.78 is 68.3. The normalized spacial score (nSPS) is 22.1. The van der Waals surface area contributed by atoms with Crippen LogP contribution in [0.1, 0.15) is 134 Å². The summed E-state index contributed by atoms with van der Waals surface area (Å²) in [4.78, 5) is 158. The minimum absolute atomic E-state index is 0.00154. The lowest BCUT2D eigenvalue weighted by atomic mass is 9.72. The SMILES string of the molecule is CNC(=O)[C@H](CCCNC(N)=O)CC(=O)[C@@H](NC(=O)CCOCCOCCOCCOCCNC(=O)CCN1C(=O)CC(C)C1=O)C(C)C.COc1cccc2c1C(=O)c1c(O)c3c(c(O)c1C2=O)C[C@@](O)(C(=O)COC(=O)N(C)CCN(C)C(=O)OCc1ccccc1)C[C@@H]3OC1C[C@H]2[C@H](O[C@@H]3[C@@H](OC)OCCN32)[C@H](C)O1. The number of hydrogen-bond acceptors (Lipinski definition) is 28. The number of rotatable bonds is 40. The number of ketones is 4. The molecule has 622 valence electrons. The maximum Gasteiger partial charge on any atom is 0.409 e. The second kappa shape index (κ2) is 42.7. The molecule has 3 aromatic carbocycles. The first kappa shape index (κ1) is 89.2. The number of aliphatic hydroxyl groups is 1. The zero-order valence-corrected chi connectivity index (χ0v) is 65.4. The number of aromatic hydroxyl groups is 2. The Morgan fingerprint density at radius 2 is 1.42 bits per heavy atom. The molecular formula is C77H107N9O27. The Kier molecular flexibility index (Phi) is 33.7. The highest BCUT2D eigenvalue weighted by Crippen LogP contribution is 2.53. The fourth-order valence-electron chi connectivity index (χ4n) is 14.1. The third kappa shape index (κ3) is 23.7. The van der Waals surface area contributed by atoms with E-state index in [2.05, 4.69) is 26.2 Å². The first-order chi connectivity index (χ1) is 54.0. The molecule has 113 heavy (non-hydrogen) atoms. The fourth-order valence-corrected chi connectivity index (χ4v) is 14.1. The van der Waals surface area contributed by atoms with Gasteiger partial charge in [-0.25, -0.2) is 14.4 Å². The zero-order chi connectivity index (χ0) is 82.2. The summed E-state index contributed by atoms with van der Waals surface area (Å²) in [5.74, 6) is -6.60. The van der Waals surface area contributed by atoms with Crippen molar-refractivity contribution < 1.29 is 130 Å². The standard InChI is InChI=1S/C45H51N3O16.C32H56N6O11/c1-23-40-27(48-16-17-59-42(58-5)41(48)64-40)18-31(62-23)63-29-20-45(56,30(49)22-61-44(55)47(3)15-14-46(2)43(54)60-21-24-10-7-6-8-11-24)19-26-33(29)39(53)35-34(37(26)51)36(50)25-12-9-13-28(57-4)32(25)38(35)52;1-22(2)29(25(39)21-24(30(43)34-4)6-5-9-36-32(33)45)37-27(41)8-12-46-14-16-48-18-19-49-17-15-47-13-10-35-26(40)7-11-38-28(42)20-23(3)31(38)44/h6-13,23,27,29,31,40-42,51,53,56H,14-22H2,1-5H3;22-24,29H,5-21H2,1-4H3,(H,34,43)(H,35,40)(H,37,41)(H3,33,36,45)/t23-,27-,29-,31?,40+,41+,42-,45-;23?,24-,29+/m01/s1. The number of nitrogens with zero attached hydrogens (tertiary/aromatic N) is 4. The molecule has 4 fully saturated rings. The number of phenols is 2. The van der Waals surface area contributed by atoms with Gasteiger partial charge in [0, 0.05) is 147 Å². The molecule has 3 aromatic rings. The Morgan fingerprint density at radius 1 is 0.761 bits per heavy atom. The summed E-state index contributed by atoms with van der Waals surface area (Å²) in [7, 11) is 7.25. The largest absolute Gasteiger partial charge is 0.507 e. The van der Waals surface area contributed by atoms with Gasteiger partial charge in [0.05, 0.1) is 102 Å². The third-order valence-corrected chi connectivity index (χ3v) is 20.2. The average Bonchev–Trinajstić information content (AvgIpc) is 1.25. The smallest absolute Gasteiger partial charge is 0.409 e. The van der Waals surface area contributed by atoms with E-state index in [1.165, 1.54) is 58.5 Å². The van der Waals surface area contributed by atoms with Crippen LogP contribution in [0.3, 0.4) is 0 Å². The van der Waals surface area contributed by atoms with Crippen molar-refractivity contribution in [3.63, 3.8) is 0 Å². The molecule has 9 rings (SSSR count). The Bertz CT molecular complexity index is 3850. The molecule has 0 radical (unpaired) electrons. The topological polar surface area (TPSA) is 463 Å². The maximum atomic E-state index is 14.2. The van der Waals surface area contributed by atoms with Crippen LogP contribution in [0.15, 0.2) is 48.5 Å². The number of carbonyl (C=O) groups excluding carboxylic acids is 12. The molecule has 0 saturated carbocycles. The molecule has 0 spiro atoms. The minimum Gasteiger partial charge on any atom is -0.507 e. The number of imide groups is 1. The number of morpholine rings is 1. The quantitative estimate of drug-likeness (QED) is 0.0180. The molecule has 0 bridgehead atoms. The lowest BCUT2D eigenvalue weighted by molar-refractivity contribution is -0.256. The molecule has 4 aliphatic heterocycles. The Morgan fingerprint density at radius 3 is 2.04 bits per heavy atom. The molecular weight excluding hydrogens is 1480 g/mol. The lowest BCUT2D eigenvalue weighted by Crippen LogP contribution is -2.55. The van der Waals surface area contributed by atoms with E-state index in [0.29, 0.717) is 78.7 Å². The number of carbonyl (C=O) groups is 12. The molecule has 0 aromatic heterocycles. The number of benzene rings is 3. The number of likely N-dealkylation sites (tertiary alicyclic amines) is 1. The van der Waals surface area contributed by atoms with Gasteiger partial charge >= 0.3 is 18.2 Å². The van der Waals surface area contributed by atoms with E-state index in [-0.39, 0.29) is 153 Å². The number of amides is 9. The Labute approximate surface area is 654 Å². The van der Waals surface area contributed by atoms with Gasteiger partial charge in [0.15, 0.2) is 37.0 Å². The number of primary amides is 1. The van der Waals surface area contributed by atoms with Crippen molar-refractivity contribution in [2.75, 3.05) is 141 Å². The van der Waals surface area contributed by atoms with E-state index in [1.54, 1.807) is 13.8 Å². The molecule has 2 unspecified atom stereocenters. The van der Waals surface area contributed by atoms with Gasteiger partial charge in [-0.1, -0.05) is 63.2 Å². The van der Waals surface area contributed by atoms with Crippen LogP contribution in [0.25, 0.3) is 0 Å². The van der Waals surface area contributed by atoms with Crippen molar-refractivity contribution in [2.45, 2.75) is 147 Å². The second-order valence-corrected chi connectivity index (χ2v) is 28.5. The summed E-state index contributed by atoms with van der Waals surface area (Å²) in [5.41, 5.74) is 1.93. The van der Waals surface area contributed by atoms with E-state index in [0.717, 1.165) is 15.4 Å². The van der Waals surface area contributed by atoms with Gasteiger partial charge in [-0.2, -0.15) is 0 Å². The lowest BCUT2D eigenvalue weighted by Gasteiger charge is -2.43. The van der Waals surface area contributed by atoms with Crippen molar-refractivity contribution in [3.8, 4) is 17.2 Å². The molecule has 4 heterocycles. The van der Waals surface area contributed by atoms with Crippen LogP contribution in [0.2, 0.25) is 0 Å². The number of nitrogens with one attached hydrogen (secondary N) is 4. The van der Waals surface area contributed by atoms with E-state index in [1.807, 2.05) is 44.2 Å². The van der Waals surface area contributed by atoms with Gasteiger partial charge in [0.25, 0.3) is 0 Å². The fraction of sp³-hybridized carbons (Fsp3) is 0.610. The number of nitrogens with two attached hydrogens (primary N) is 1. The number of urea groups is 1. The average molecular weight is 1590 g/mol. The summed E-state index contributed by atoms with van der Waals surface area (Å²) in [6, 6.07) is 11.9.